The van der Waals surface area contributed by atoms with Crippen LogP contribution in [0.4, 0.5) is 0 Å². The second kappa shape index (κ2) is 3.94. The fraction of sp³-hybridized carbons (Fsp3) is 0.875. The maximum absolute atomic E-state index is 9.25. The molecule has 0 rings (SSSR count). The highest BCUT2D eigenvalue weighted by Gasteiger charge is 2.23. The number of hydrogen-bond donors (Lipinski definition) is 2. The van der Waals surface area contributed by atoms with Gasteiger partial charge in [0.25, 0.3) is 0 Å². The number of aliphatic hydroxyl groups is 2. The molecular weight excluding hydrogens is 128 g/mol. The van der Waals surface area contributed by atoms with Crippen molar-refractivity contribution in [1.29, 1.82) is 0 Å². The minimum atomic E-state index is -0.955. The summed E-state index contributed by atoms with van der Waals surface area (Å²) in [4.78, 5) is 0. The lowest BCUT2D eigenvalue weighted by molar-refractivity contribution is -0.0510. The van der Waals surface area contributed by atoms with Crippen LogP contribution in [0.3, 0.4) is 0 Å². The summed E-state index contributed by atoms with van der Waals surface area (Å²) in [7, 11) is 0. The van der Waals surface area contributed by atoms with E-state index in [-0.39, 0.29) is 0 Å². The van der Waals surface area contributed by atoms with Crippen molar-refractivity contribution in [2.45, 2.75) is 45.3 Å². The average molecular weight is 145 g/mol. The minimum absolute atomic E-state index is 0.608. The zero-order chi connectivity index (χ0) is 8.20. The van der Waals surface area contributed by atoms with Gasteiger partial charge in [0.1, 0.15) is 0 Å². The van der Waals surface area contributed by atoms with Gasteiger partial charge >= 0.3 is 0 Å². The van der Waals surface area contributed by atoms with Crippen LogP contribution in [0.2, 0.25) is 0 Å². The van der Waals surface area contributed by atoms with Gasteiger partial charge in [-0.3, -0.25) is 0 Å². The molecule has 0 aliphatic carbocycles. The molecule has 2 heteroatoms. The third kappa shape index (κ3) is 3.85. The predicted octanol–water partition coefficient (Wildman–Crippen LogP) is 1.12. The van der Waals surface area contributed by atoms with Crippen LogP contribution < -0.4 is 0 Å². The highest BCUT2D eigenvalue weighted by molar-refractivity contribution is 4.77. The summed E-state index contributed by atoms with van der Waals surface area (Å²) in [6, 6.07) is 0. The highest BCUT2D eigenvalue weighted by atomic mass is 16.3. The summed E-state index contributed by atoms with van der Waals surface area (Å²) in [6.45, 7) is 5.18. The topological polar surface area (TPSA) is 40.5 Å². The molecule has 61 valence electrons. The van der Waals surface area contributed by atoms with Gasteiger partial charge < -0.3 is 10.2 Å². The number of aliphatic hydroxyl groups excluding tert-OH is 1. The lowest BCUT2D eigenvalue weighted by Crippen LogP contribution is -2.35. The third-order valence-electron chi connectivity index (χ3n) is 1.54. The molecule has 0 bridgehead atoms. The maximum Gasteiger partial charge on any atom is 0.0849 e. The molecule has 2 N–H and O–H groups in total. The van der Waals surface area contributed by atoms with Crippen LogP contribution in [0, 0.1) is 6.42 Å². The van der Waals surface area contributed by atoms with E-state index in [1.165, 1.54) is 0 Å². The van der Waals surface area contributed by atoms with Crippen molar-refractivity contribution in [3.05, 3.63) is 6.42 Å². The van der Waals surface area contributed by atoms with Gasteiger partial charge in [0, 0.05) is 0 Å². The van der Waals surface area contributed by atoms with Gasteiger partial charge in [-0.1, -0.05) is 6.92 Å². The Labute approximate surface area is 62.9 Å². The van der Waals surface area contributed by atoms with Gasteiger partial charge in [0.2, 0.25) is 0 Å². The first-order valence-electron chi connectivity index (χ1n) is 3.66. The second-order valence-corrected chi connectivity index (χ2v) is 3.16. The number of unbranched alkanes of at least 4 members (excludes halogenated alkanes) is 1. The molecule has 0 fully saturated rings. The van der Waals surface area contributed by atoms with Gasteiger partial charge in [-0.2, -0.15) is 0 Å². The van der Waals surface area contributed by atoms with E-state index in [2.05, 4.69) is 0 Å². The Bertz CT molecular complexity index is 83.7. The molecule has 0 amide bonds. The van der Waals surface area contributed by atoms with E-state index in [4.69, 9.17) is 0 Å². The van der Waals surface area contributed by atoms with Crippen LogP contribution in [-0.2, 0) is 0 Å². The molecule has 10 heavy (non-hydrogen) atoms. The third-order valence-corrected chi connectivity index (χ3v) is 1.54. The van der Waals surface area contributed by atoms with Gasteiger partial charge in [-0.05, 0) is 33.1 Å². The molecule has 2 nitrogen and oxygen atoms in total. The molecule has 0 aromatic carbocycles. The molecule has 1 atom stereocenters. The summed E-state index contributed by atoms with van der Waals surface area (Å²) in [5.74, 6) is 0. The first kappa shape index (κ1) is 9.92. The van der Waals surface area contributed by atoms with Crippen molar-refractivity contribution < 1.29 is 10.2 Å². The number of hydrogen-bond acceptors (Lipinski definition) is 2. The summed E-state index contributed by atoms with van der Waals surface area (Å²) < 4.78 is 0. The normalized spacial score (nSPS) is 15.3. The van der Waals surface area contributed by atoms with Crippen LogP contribution in [0.15, 0.2) is 0 Å². The molecule has 0 spiro atoms. The Morgan fingerprint density at radius 2 is 2.00 bits per heavy atom. The molecular formula is C8H17O2. The number of rotatable bonds is 4. The highest BCUT2D eigenvalue weighted by Crippen LogP contribution is 2.13. The second-order valence-electron chi connectivity index (χ2n) is 3.16. The predicted molar refractivity (Wildman–Crippen MR) is 41.5 cm³/mol. The molecule has 0 heterocycles. The molecule has 0 aromatic rings. The van der Waals surface area contributed by atoms with E-state index in [9.17, 15) is 10.2 Å². The largest absolute Gasteiger partial charge is 0.390 e. The summed E-state index contributed by atoms with van der Waals surface area (Å²) in [6.07, 6.45) is 2.86. The van der Waals surface area contributed by atoms with Gasteiger partial charge in [0.05, 0.1) is 11.7 Å². The van der Waals surface area contributed by atoms with E-state index >= 15 is 0 Å². The lowest BCUT2D eigenvalue weighted by atomic mass is 9.97. The molecule has 1 radical (unpaired) electrons. The minimum Gasteiger partial charge on any atom is -0.390 e. The molecule has 0 aliphatic heterocycles. The van der Waals surface area contributed by atoms with Crippen molar-refractivity contribution >= 4 is 0 Å². The average Bonchev–Trinajstić information content (AvgIpc) is 1.80. The van der Waals surface area contributed by atoms with Crippen molar-refractivity contribution in [3.63, 3.8) is 0 Å². The molecule has 0 saturated carbocycles. The Kier molecular flexibility index (Phi) is 3.91. The fourth-order valence-corrected chi connectivity index (χ4v) is 0.678. The first-order valence-corrected chi connectivity index (χ1v) is 3.66. The summed E-state index contributed by atoms with van der Waals surface area (Å²) in [5, 5.41) is 18.5. The van der Waals surface area contributed by atoms with Gasteiger partial charge in [0.15, 0.2) is 0 Å². The fourth-order valence-electron chi connectivity index (χ4n) is 0.678. The van der Waals surface area contributed by atoms with Crippen LogP contribution in [-0.4, -0.2) is 21.9 Å². The monoisotopic (exact) mass is 145 g/mol. The Hall–Kier alpha value is -0.0800. The van der Waals surface area contributed by atoms with Gasteiger partial charge in [-0.15, -0.1) is 0 Å². The smallest absolute Gasteiger partial charge is 0.0849 e. The Morgan fingerprint density at radius 3 is 2.30 bits per heavy atom. The van der Waals surface area contributed by atoms with Crippen molar-refractivity contribution in [2.75, 3.05) is 0 Å². The van der Waals surface area contributed by atoms with Crippen molar-refractivity contribution in [2.24, 2.45) is 0 Å². The standard InChI is InChI=1S/C8H17O2/c1-4-5-6-7(9)8(2,3)10/h4,7,9-10H,5-6H2,1-3H3. The lowest BCUT2D eigenvalue weighted by Gasteiger charge is -2.23. The zero-order valence-electron chi connectivity index (χ0n) is 6.96. The Morgan fingerprint density at radius 1 is 1.50 bits per heavy atom. The van der Waals surface area contributed by atoms with Crippen LogP contribution in [0.1, 0.15) is 33.6 Å². The van der Waals surface area contributed by atoms with E-state index < -0.39 is 11.7 Å². The van der Waals surface area contributed by atoms with Crippen LogP contribution in [0.5, 0.6) is 0 Å². The zero-order valence-corrected chi connectivity index (χ0v) is 6.96. The summed E-state index contributed by atoms with van der Waals surface area (Å²) >= 11 is 0. The molecule has 0 aromatic heterocycles. The van der Waals surface area contributed by atoms with E-state index in [1.54, 1.807) is 13.8 Å². The quantitative estimate of drug-likeness (QED) is 0.622. The molecule has 0 saturated heterocycles. The SMILES string of the molecule is C[CH]CCC(O)C(C)(C)O. The van der Waals surface area contributed by atoms with Crippen LogP contribution in [0.25, 0.3) is 0 Å². The summed E-state index contributed by atoms with van der Waals surface area (Å²) in [5.41, 5.74) is -0.955. The van der Waals surface area contributed by atoms with E-state index in [1.807, 2.05) is 13.3 Å². The van der Waals surface area contributed by atoms with Gasteiger partial charge in [-0.25, -0.2) is 0 Å². The van der Waals surface area contributed by atoms with Crippen LogP contribution >= 0.6 is 0 Å². The van der Waals surface area contributed by atoms with E-state index in [0.29, 0.717) is 6.42 Å². The Balaban J connectivity index is 3.52. The molecule has 0 aliphatic rings. The van der Waals surface area contributed by atoms with E-state index in [0.717, 1.165) is 6.42 Å². The first-order chi connectivity index (χ1) is 4.48. The molecule has 1 unspecified atom stereocenters. The van der Waals surface area contributed by atoms with Crippen molar-refractivity contribution in [3.8, 4) is 0 Å². The maximum atomic E-state index is 9.25. The van der Waals surface area contributed by atoms with Crippen molar-refractivity contribution in [1.82, 2.24) is 0 Å².